The van der Waals surface area contributed by atoms with Crippen molar-refractivity contribution in [2.45, 2.75) is 76.8 Å². The topological polar surface area (TPSA) is 0 Å². The molecule has 0 fully saturated rings. The standard InChI is InChI=1S/C12H28Cl2Si2/c1-6-12(16(14,9-4)10-5)11-15(13,7-2)8-3/h12H,6-11H2,1-5H3. The van der Waals surface area contributed by atoms with E-state index in [9.17, 15) is 0 Å². The van der Waals surface area contributed by atoms with Gasteiger partial charge in [-0.25, -0.2) is 0 Å². The maximum atomic E-state index is 6.90. The normalized spacial score (nSPS) is 15.2. The highest BCUT2D eigenvalue weighted by atomic mass is 35.6. The molecule has 0 nitrogen and oxygen atoms in total. The average Bonchev–Trinajstić information content (AvgIpc) is 2.34. The Morgan fingerprint density at radius 2 is 1.25 bits per heavy atom. The summed E-state index contributed by atoms with van der Waals surface area (Å²) in [5, 5.41) is 0. The summed E-state index contributed by atoms with van der Waals surface area (Å²) in [6.07, 6.45) is 1.22. The molecule has 0 amide bonds. The molecule has 0 bridgehead atoms. The van der Waals surface area contributed by atoms with Crippen molar-refractivity contribution in [3.05, 3.63) is 0 Å². The molecule has 98 valence electrons. The number of rotatable bonds is 8. The Hall–Kier alpha value is 1.01. The molecule has 1 atom stereocenters. The number of hydrogen-bond acceptors (Lipinski definition) is 0. The Labute approximate surface area is 114 Å². The average molecular weight is 299 g/mol. The molecule has 0 aliphatic carbocycles. The lowest BCUT2D eigenvalue weighted by molar-refractivity contribution is 0.820. The molecule has 0 N–H and O–H groups in total. The lowest BCUT2D eigenvalue weighted by Crippen LogP contribution is -2.37. The molecule has 0 aliphatic rings. The summed E-state index contributed by atoms with van der Waals surface area (Å²) in [7, 11) is -3.05. The molecule has 0 radical (unpaired) electrons. The monoisotopic (exact) mass is 298 g/mol. The van der Waals surface area contributed by atoms with Gasteiger partial charge in [0, 0.05) is 0 Å². The molecule has 0 aromatic heterocycles. The van der Waals surface area contributed by atoms with Crippen LogP contribution in [-0.4, -0.2) is 14.8 Å². The quantitative estimate of drug-likeness (QED) is 0.369. The van der Waals surface area contributed by atoms with Crippen molar-refractivity contribution in [2.75, 3.05) is 0 Å². The van der Waals surface area contributed by atoms with Gasteiger partial charge in [-0.3, -0.25) is 0 Å². The number of halogens is 2. The van der Waals surface area contributed by atoms with Crippen molar-refractivity contribution in [1.82, 2.24) is 0 Å². The molecule has 0 saturated carbocycles. The summed E-state index contributed by atoms with van der Waals surface area (Å²) in [5.41, 5.74) is 0.730. The van der Waals surface area contributed by atoms with Gasteiger partial charge in [0.1, 0.15) is 0 Å². The first kappa shape index (κ1) is 17.0. The lowest BCUT2D eigenvalue weighted by atomic mass is 10.4. The highest BCUT2D eigenvalue weighted by Crippen LogP contribution is 2.44. The first-order valence-electron chi connectivity index (χ1n) is 6.79. The van der Waals surface area contributed by atoms with Crippen LogP contribution in [0.4, 0.5) is 0 Å². The fourth-order valence-corrected chi connectivity index (χ4v) is 11.9. The molecule has 4 heteroatoms. The van der Waals surface area contributed by atoms with Gasteiger partial charge in [0.05, 0.1) is 0 Å². The Bertz CT molecular complexity index is 189. The van der Waals surface area contributed by atoms with E-state index in [1.165, 1.54) is 36.6 Å². The van der Waals surface area contributed by atoms with Crippen LogP contribution in [0, 0.1) is 0 Å². The third kappa shape index (κ3) is 4.36. The molecule has 0 saturated heterocycles. The second-order valence-corrected chi connectivity index (χ2v) is 18.0. The van der Waals surface area contributed by atoms with Crippen LogP contribution in [0.25, 0.3) is 0 Å². The van der Waals surface area contributed by atoms with Crippen LogP contribution in [0.5, 0.6) is 0 Å². The summed E-state index contributed by atoms with van der Waals surface area (Å²) in [5.74, 6) is 0. The van der Waals surface area contributed by atoms with E-state index < -0.39 is 14.8 Å². The predicted octanol–water partition coefficient (Wildman–Crippen LogP) is 6.21. The molecular weight excluding hydrogens is 271 g/mol. The molecule has 0 aliphatic heterocycles. The minimum absolute atomic E-state index is 0.730. The fraction of sp³-hybridized carbons (Fsp3) is 1.00. The first-order valence-corrected chi connectivity index (χ1v) is 13.9. The minimum Gasteiger partial charge on any atom is -0.167 e. The SMILES string of the molecule is CCC(C[Si](Cl)(CC)CC)[Si](Cl)(CC)CC. The van der Waals surface area contributed by atoms with Crippen LogP contribution in [0.2, 0.25) is 35.8 Å². The maximum Gasteiger partial charge on any atom is 0.158 e. The van der Waals surface area contributed by atoms with E-state index in [4.69, 9.17) is 22.2 Å². The van der Waals surface area contributed by atoms with E-state index in [0.29, 0.717) is 0 Å². The largest absolute Gasteiger partial charge is 0.167 e. The van der Waals surface area contributed by atoms with E-state index in [-0.39, 0.29) is 0 Å². The van der Waals surface area contributed by atoms with E-state index in [0.717, 1.165) is 5.54 Å². The third-order valence-electron chi connectivity index (χ3n) is 4.28. The van der Waals surface area contributed by atoms with Crippen LogP contribution in [0.3, 0.4) is 0 Å². The highest BCUT2D eigenvalue weighted by molar-refractivity contribution is 7.24. The number of hydrogen-bond donors (Lipinski definition) is 0. The van der Waals surface area contributed by atoms with Crippen molar-refractivity contribution in [1.29, 1.82) is 0 Å². The minimum atomic E-state index is -1.55. The van der Waals surface area contributed by atoms with E-state index in [1.807, 2.05) is 0 Å². The van der Waals surface area contributed by atoms with Gasteiger partial charge < -0.3 is 0 Å². The van der Waals surface area contributed by atoms with Crippen LogP contribution in [0.15, 0.2) is 0 Å². The van der Waals surface area contributed by atoms with Crippen LogP contribution < -0.4 is 0 Å². The molecule has 0 aromatic rings. The molecule has 0 aromatic carbocycles. The molecule has 0 heterocycles. The van der Waals surface area contributed by atoms with Gasteiger partial charge in [-0.2, -0.15) is 22.2 Å². The first-order chi connectivity index (χ1) is 7.41. The zero-order valence-electron chi connectivity index (χ0n) is 11.6. The maximum absolute atomic E-state index is 6.90. The fourth-order valence-electron chi connectivity index (χ4n) is 2.50. The molecule has 0 spiro atoms. The molecular formula is C12H28Cl2Si2. The Kier molecular flexibility index (Phi) is 7.92. The van der Waals surface area contributed by atoms with E-state index >= 15 is 0 Å². The van der Waals surface area contributed by atoms with Gasteiger partial charge in [0.25, 0.3) is 0 Å². The van der Waals surface area contributed by atoms with Crippen LogP contribution in [-0.2, 0) is 0 Å². The van der Waals surface area contributed by atoms with Crippen LogP contribution >= 0.6 is 22.2 Å². The van der Waals surface area contributed by atoms with Gasteiger partial charge in [-0.1, -0.05) is 41.0 Å². The van der Waals surface area contributed by atoms with Gasteiger partial charge >= 0.3 is 0 Å². The molecule has 16 heavy (non-hydrogen) atoms. The van der Waals surface area contributed by atoms with E-state index in [2.05, 4.69) is 34.6 Å². The van der Waals surface area contributed by atoms with Crippen molar-refractivity contribution < 1.29 is 0 Å². The Morgan fingerprint density at radius 1 is 0.812 bits per heavy atom. The van der Waals surface area contributed by atoms with Crippen molar-refractivity contribution in [2.24, 2.45) is 0 Å². The Balaban J connectivity index is 4.74. The van der Waals surface area contributed by atoms with Gasteiger partial charge in [0.2, 0.25) is 0 Å². The zero-order valence-corrected chi connectivity index (χ0v) is 15.1. The Morgan fingerprint density at radius 3 is 1.50 bits per heavy atom. The zero-order chi connectivity index (χ0) is 12.8. The second-order valence-electron chi connectivity index (χ2n) is 4.91. The smallest absolute Gasteiger partial charge is 0.158 e. The van der Waals surface area contributed by atoms with Gasteiger partial charge in [-0.15, -0.1) is 0 Å². The second kappa shape index (κ2) is 7.45. The summed E-state index contributed by atoms with van der Waals surface area (Å²) in [4.78, 5) is 0. The molecule has 1 unspecified atom stereocenters. The summed E-state index contributed by atoms with van der Waals surface area (Å²) in [6.45, 7) is 11.3. The summed E-state index contributed by atoms with van der Waals surface area (Å²) < 4.78 is 0. The molecule has 0 rings (SSSR count). The summed E-state index contributed by atoms with van der Waals surface area (Å²) >= 11 is 13.7. The third-order valence-corrected chi connectivity index (χ3v) is 17.5. The van der Waals surface area contributed by atoms with E-state index in [1.54, 1.807) is 0 Å². The van der Waals surface area contributed by atoms with Crippen LogP contribution in [0.1, 0.15) is 41.0 Å². The highest BCUT2D eigenvalue weighted by Gasteiger charge is 2.40. The predicted molar refractivity (Wildman–Crippen MR) is 84.0 cm³/mol. The van der Waals surface area contributed by atoms with Gasteiger partial charge in [-0.05, 0) is 35.8 Å². The lowest BCUT2D eigenvalue weighted by Gasteiger charge is -2.35. The van der Waals surface area contributed by atoms with Gasteiger partial charge in [0.15, 0.2) is 14.8 Å². The van der Waals surface area contributed by atoms with Crippen molar-refractivity contribution in [3.8, 4) is 0 Å². The van der Waals surface area contributed by atoms with Crippen molar-refractivity contribution in [3.63, 3.8) is 0 Å². The van der Waals surface area contributed by atoms with Crippen molar-refractivity contribution >= 4 is 36.9 Å². The summed E-state index contributed by atoms with van der Waals surface area (Å²) in [6, 6.07) is 6.01.